The Morgan fingerprint density at radius 1 is 1.36 bits per heavy atom. The average Bonchev–Trinajstić information content (AvgIpc) is 2.98. The maximum Gasteiger partial charge on any atom is 0.262 e. The van der Waals surface area contributed by atoms with Crippen LogP contribution >= 0.6 is 12.4 Å². The van der Waals surface area contributed by atoms with E-state index in [9.17, 15) is 13.2 Å². The number of amides is 1. The monoisotopic (exact) mass is 386 g/mol. The average molecular weight is 387 g/mol. The predicted octanol–water partition coefficient (Wildman–Crippen LogP) is 1.37. The molecule has 1 amide bonds. The van der Waals surface area contributed by atoms with Crippen LogP contribution < -0.4 is 15.4 Å². The molecule has 0 bridgehead atoms. The van der Waals surface area contributed by atoms with E-state index in [2.05, 4.69) is 20.3 Å². The highest BCUT2D eigenvalue weighted by Crippen LogP contribution is 2.20. The summed E-state index contributed by atoms with van der Waals surface area (Å²) in [7, 11) is -3.67. The molecule has 0 aliphatic carbocycles. The Kier molecular flexibility index (Phi) is 6.42. The minimum atomic E-state index is -3.67. The van der Waals surface area contributed by atoms with Crippen molar-refractivity contribution in [2.24, 2.45) is 16.8 Å². The third-order valence-corrected chi connectivity index (χ3v) is 5.85. The number of anilines is 1. The molecule has 3 N–H and O–H groups in total. The van der Waals surface area contributed by atoms with Gasteiger partial charge >= 0.3 is 0 Å². The summed E-state index contributed by atoms with van der Waals surface area (Å²) in [4.78, 5) is 16.5. The van der Waals surface area contributed by atoms with Gasteiger partial charge in [-0.05, 0) is 43.6 Å². The molecule has 7 nitrogen and oxygen atoms in total. The lowest BCUT2D eigenvalue weighted by Crippen LogP contribution is -2.48. The van der Waals surface area contributed by atoms with Crippen LogP contribution in [0.5, 0.6) is 0 Å². The Morgan fingerprint density at radius 2 is 2.12 bits per heavy atom. The first-order valence-corrected chi connectivity index (χ1v) is 9.62. The zero-order valence-corrected chi connectivity index (χ0v) is 15.6. The smallest absolute Gasteiger partial charge is 0.262 e. The Balaban J connectivity index is 0.00000225. The normalized spacial score (nSPS) is 18.5. The number of halogens is 1. The lowest BCUT2D eigenvalue weighted by atomic mass is 9.88. The molecule has 0 aromatic heterocycles. The number of rotatable bonds is 5. The zero-order chi connectivity index (χ0) is 17.2. The molecule has 1 unspecified atom stereocenters. The quantitative estimate of drug-likeness (QED) is 0.711. The number of aliphatic imine (C=N–C) groups is 1. The third kappa shape index (κ3) is 4.71. The molecule has 1 fully saturated rings. The van der Waals surface area contributed by atoms with Crippen molar-refractivity contribution in [3.63, 3.8) is 0 Å². The second-order valence-corrected chi connectivity index (χ2v) is 7.94. The van der Waals surface area contributed by atoms with Gasteiger partial charge in [-0.3, -0.25) is 14.5 Å². The molecule has 1 aromatic carbocycles. The van der Waals surface area contributed by atoms with Gasteiger partial charge in [-0.15, -0.1) is 12.4 Å². The molecule has 138 valence electrons. The molecular weight excluding hydrogens is 364 g/mol. The SMILES string of the molecule is CC(C(=O)Nc1cccc(S(=O)(=O)NC2=NCCC2)c1)C1CNC1.Cl. The van der Waals surface area contributed by atoms with Crippen molar-refractivity contribution in [1.29, 1.82) is 0 Å². The molecule has 2 aliphatic rings. The van der Waals surface area contributed by atoms with Crippen molar-refractivity contribution in [2.45, 2.75) is 24.7 Å². The molecule has 9 heteroatoms. The first kappa shape index (κ1) is 19.7. The lowest BCUT2D eigenvalue weighted by molar-refractivity contribution is -0.121. The van der Waals surface area contributed by atoms with Gasteiger partial charge in [-0.2, -0.15) is 0 Å². The first-order chi connectivity index (χ1) is 11.5. The minimum absolute atomic E-state index is 0. The van der Waals surface area contributed by atoms with Gasteiger partial charge in [-0.25, -0.2) is 8.42 Å². The van der Waals surface area contributed by atoms with Gasteiger partial charge in [-0.1, -0.05) is 13.0 Å². The maximum atomic E-state index is 12.4. The number of hydrogen-bond donors (Lipinski definition) is 3. The van der Waals surface area contributed by atoms with Gasteiger partial charge in [0.05, 0.1) is 4.90 Å². The maximum absolute atomic E-state index is 12.4. The van der Waals surface area contributed by atoms with Crippen LogP contribution in [0.15, 0.2) is 34.2 Å². The van der Waals surface area contributed by atoms with Crippen LogP contribution in [0, 0.1) is 11.8 Å². The van der Waals surface area contributed by atoms with E-state index in [1.54, 1.807) is 12.1 Å². The summed E-state index contributed by atoms with van der Waals surface area (Å²) in [5, 5.41) is 5.95. The number of hydrogen-bond acceptors (Lipinski definition) is 5. The number of nitrogens with one attached hydrogen (secondary N) is 3. The minimum Gasteiger partial charge on any atom is -0.326 e. The largest absolute Gasteiger partial charge is 0.326 e. The van der Waals surface area contributed by atoms with Gasteiger partial charge in [0.1, 0.15) is 5.84 Å². The summed E-state index contributed by atoms with van der Waals surface area (Å²) in [5.74, 6) is 0.621. The predicted molar refractivity (Wildman–Crippen MR) is 99.7 cm³/mol. The van der Waals surface area contributed by atoms with Crippen molar-refractivity contribution in [1.82, 2.24) is 10.0 Å². The number of amidine groups is 1. The first-order valence-electron chi connectivity index (χ1n) is 8.13. The van der Waals surface area contributed by atoms with Crippen LogP contribution in [0.3, 0.4) is 0 Å². The van der Waals surface area contributed by atoms with Gasteiger partial charge in [0.15, 0.2) is 0 Å². The molecule has 0 radical (unpaired) electrons. The Labute approximate surface area is 154 Å². The van der Waals surface area contributed by atoms with Crippen LogP contribution in [-0.4, -0.2) is 39.8 Å². The van der Waals surface area contributed by atoms with E-state index in [0.717, 1.165) is 19.5 Å². The summed E-state index contributed by atoms with van der Waals surface area (Å²) in [6, 6.07) is 6.29. The summed E-state index contributed by atoms with van der Waals surface area (Å²) < 4.78 is 27.3. The second kappa shape index (κ2) is 8.16. The molecular formula is C16H23ClN4O3S. The molecule has 1 atom stereocenters. The van der Waals surface area contributed by atoms with E-state index in [1.165, 1.54) is 12.1 Å². The van der Waals surface area contributed by atoms with Crippen LogP contribution in [0.1, 0.15) is 19.8 Å². The van der Waals surface area contributed by atoms with E-state index in [4.69, 9.17) is 0 Å². The summed E-state index contributed by atoms with van der Waals surface area (Å²) in [5.41, 5.74) is 0.482. The number of benzene rings is 1. The number of nitrogens with zero attached hydrogens (tertiary/aromatic N) is 1. The summed E-state index contributed by atoms with van der Waals surface area (Å²) in [6.45, 7) is 4.23. The fraction of sp³-hybridized carbons (Fsp3) is 0.500. The molecule has 2 heterocycles. The van der Waals surface area contributed by atoms with Gasteiger partial charge in [0.2, 0.25) is 5.91 Å². The van der Waals surface area contributed by atoms with Crippen LogP contribution in [0.4, 0.5) is 5.69 Å². The molecule has 25 heavy (non-hydrogen) atoms. The van der Waals surface area contributed by atoms with Crippen LogP contribution in [0.25, 0.3) is 0 Å². The Hall–Kier alpha value is -1.64. The van der Waals surface area contributed by atoms with E-state index in [0.29, 0.717) is 30.4 Å². The Bertz CT molecular complexity index is 762. The molecule has 2 aliphatic heterocycles. The topological polar surface area (TPSA) is 99.7 Å². The van der Waals surface area contributed by atoms with Crippen molar-refractivity contribution in [3.05, 3.63) is 24.3 Å². The van der Waals surface area contributed by atoms with Crippen molar-refractivity contribution in [2.75, 3.05) is 25.0 Å². The molecule has 0 saturated carbocycles. The van der Waals surface area contributed by atoms with E-state index in [-0.39, 0.29) is 29.1 Å². The van der Waals surface area contributed by atoms with Crippen LogP contribution in [0.2, 0.25) is 0 Å². The molecule has 1 aromatic rings. The fourth-order valence-corrected chi connectivity index (χ4v) is 3.85. The van der Waals surface area contributed by atoms with Gasteiger partial charge < -0.3 is 10.6 Å². The highest BCUT2D eigenvalue weighted by Gasteiger charge is 2.28. The van der Waals surface area contributed by atoms with E-state index < -0.39 is 10.0 Å². The highest BCUT2D eigenvalue weighted by atomic mass is 35.5. The summed E-state index contributed by atoms with van der Waals surface area (Å²) >= 11 is 0. The highest BCUT2D eigenvalue weighted by molar-refractivity contribution is 7.90. The standard InChI is InChI=1S/C16H22N4O3S.ClH/c1-11(12-9-17-10-12)16(21)19-13-4-2-5-14(8-13)24(22,23)20-15-6-3-7-18-15;/h2,4-5,8,11-12,17H,3,6-7,9-10H2,1H3,(H,18,20)(H,19,21);1H. The molecule has 1 saturated heterocycles. The van der Waals surface area contributed by atoms with Gasteiger partial charge in [0.25, 0.3) is 10.0 Å². The molecule has 0 spiro atoms. The van der Waals surface area contributed by atoms with Gasteiger partial charge in [0, 0.05) is 24.6 Å². The van der Waals surface area contributed by atoms with E-state index >= 15 is 0 Å². The number of carbonyl (C=O) groups excluding carboxylic acids is 1. The third-order valence-electron chi connectivity index (χ3n) is 4.47. The fourth-order valence-electron chi connectivity index (χ4n) is 2.71. The second-order valence-electron chi connectivity index (χ2n) is 6.26. The van der Waals surface area contributed by atoms with Crippen molar-refractivity contribution >= 4 is 39.9 Å². The van der Waals surface area contributed by atoms with Crippen molar-refractivity contribution < 1.29 is 13.2 Å². The lowest BCUT2D eigenvalue weighted by Gasteiger charge is -2.31. The molecule has 3 rings (SSSR count). The summed E-state index contributed by atoms with van der Waals surface area (Å²) in [6.07, 6.45) is 1.50. The zero-order valence-electron chi connectivity index (χ0n) is 14.0. The van der Waals surface area contributed by atoms with Crippen molar-refractivity contribution in [3.8, 4) is 0 Å². The van der Waals surface area contributed by atoms with Crippen LogP contribution in [-0.2, 0) is 14.8 Å². The number of carbonyl (C=O) groups is 1. The Morgan fingerprint density at radius 3 is 2.72 bits per heavy atom. The van der Waals surface area contributed by atoms with E-state index in [1.807, 2.05) is 6.92 Å². The number of sulfonamides is 1.